The molecule has 0 amide bonds. The van der Waals surface area contributed by atoms with Crippen LogP contribution in [0.4, 0.5) is 0 Å². The molecule has 0 aromatic heterocycles. The number of carbonyl (C=O) groups is 2. The maximum Gasteiger partial charge on any atom is 0.317 e. The van der Waals surface area contributed by atoms with Gasteiger partial charge in [-0.25, -0.2) is 0 Å². The highest BCUT2D eigenvalue weighted by Crippen LogP contribution is 2.51. The van der Waals surface area contributed by atoms with E-state index in [-0.39, 0.29) is 11.5 Å². The topological polar surface area (TPSA) is 93.1 Å². The fourth-order valence-electron chi connectivity index (χ4n) is 4.64. The van der Waals surface area contributed by atoms with Crippen LogP contribution in [-0.2, 0) is 9.59 Å². The van der Waals surface area contributed by atoms with Crippen molar-refractivity contribution in [3.8, 4) is 11.5 Å². The fraction of sp³-hybridized carbons (Fsp3) is 0.200. The highest BCUT2D eigenvalue weighted by atomic mass is 35.5. The minimum Gasteiger partial charge on any atom is -0.426 e. The van der Waals surface area contributed by atoms with Crippen molar-refractivity contribution in [3.05, 3.63) is 94.5 Å². The van der Waals surface area contributed by atoms with E-state index >= 15 is 0 Å². The van der Waals surface area contributed by atoms with E-state index in [1.807, 2.05) is 0 Å². The maximum absolute atomic E-state index is 13.1. The van der Waals surface area contributed by atoms with Crippen molar-refractivity contribution in [1.29, 1.82) is 0 Å². The number of carbonyl (C=O) groups excluding carboxylic acids is 2. The normalized spacial score (nSPS) is 25.2. The van der Waals surface area contributed by atoms with Crippen LogP contribution < -0.4 is 9.47 Å². The number of aliphatic hydroxyl groups excluding tert-OH is 2. The molecule has 6 nitrogen and oxygen atoms in total. The van der Waals surface area contributed by atoms with Gasteiger partial charge in [0.1, 0.15) is 11.5 Å². The van der Waals surface area contributed by atoms with Crippen molar-refractivity contribution in [1.82, 2.24) is 0 Å². The molecular weight excluding hydrogens is 432 g/mol. The van der Waals surface area contributed by atoms with E-state index in [1.54, 1.807) is 72.8 Å². The smallest absolute Gasteiger partial charge is 0.317 e. The van der Waals surface area contributed by atoms with Gasteiger partial charge in [0.2, 0.25) is 0 Å². The minimum absolute atomic E-state index is 0.272. The van der Waals surface area contributed by atoms with Crippen molar-refractivity contribution < 1.29 is 29.3 Å². The Morgan fingerprint density at radius 1 is 0.688 bits per heavy atom. The summed E-state index contributed by atoms with van der Waals surface area (Å²) in [6.07, 6.45) is -2.49. The molecule has 162 valence electrons. The first-order valence-electron chi connectivity index (χ1n) is 10.2. The lowest BCUT2D eigenvalue weighted by Gasteiger charge is -2.40. The third kappa shape index (κ3) is 3.37. The van der Waals surface area contributed by atoms with Gasteiger partial charge in [0.15, 0.2) is 0 Å². The first-order chi connectivity index (χ1) is 15.5. The van der Waals surface area contributed by atoms with Gasteiger partial charge in [-0.15, -0.1) is 0 Å². The van der Waals surface area contributed by atoms with Crippen LogP contribution in [0.15, 0.2) is 72.8 Å². The predicted octanol–water partition coefficient (Wildman–Crippen LogP) is 3.96. The molecular formula is C25H19ClO6. The summed E-state index contributed by atoms with van der Waals surface area (Å²) in [5.74, 6) is -4.06. The summed E-state index contributed by atoms with van der Waals surface area (Å²) in [5, 5.41) is 22.9. The summed E-state index contributed by atoms with van der Waals surface area (Å²) in [5.41, 5.74) is 1.43. The molecule has 7 heteroatoms. The molecule has 0 aliphatic carbocycles. The summed E-state index contributed by atoms with van der Waals surface area (Å²) in [6, 6.07) is 20.0. The maximum atomic E-state index is 13.1. The number of aliphatic hydroxyl groups is 2. The Kier molecular flexibility index (Phi) is 5.21. The van der Waals surface area contributed by atoms with Crippen LogP contribution in [0.1, 0.15) is 34.8 Å². The number of para-hydroxylation sites is 2. The van der Waals surface area contributed by atoms with Gasteiger partial charge in [0.05, 0.1) is 24.0 Å². The van der Waals surface area contributed by atoms with Crippen LogP contribution in [0.3, 0.4) is 0 Å². The molecule has 0 radical (unpaired) electrons. The van der Waals surface area contributed by atoms with Gasteiger partial charge in [0.25, 0.3) is 0 Å². The van der Waals surface area contributed by atoms with E-state index in [0.29, 0.717) is 21.7 Å². The standard InChI is InChI=1S/C25H19ClO6/c26-14-11-9-13(10-12-14)19(20-22(27)15-5-1-3-7-17(15)31-24(20)29)21-23(28)16-6-2-4-8-18(16)32-25(21)30/h1-12,19-23,27-28H. The fourth-order valence-corrected chi connectivity index (χ4v) is 4.77. The van der Waals surface area contributed by atoms with Crippen LogP contribution in [0.25, 0.3) is 0 Å². The molecule has 4 unspecified atom stereocenters. The summed E-state index contributed by atoms with van der Waals surface area (Å²) in [7, 11) is 0. The summed E-state index contributed by atoms with van der Waals surface area (Å²) in [6.45, 7) is 0. The highest BCUT2D eigenvalue weighted by Gasteiger charge is 2.51. The first-order valence-corrected chi connectivity index (χ1v) is 10.6. The quantitative estimate of drug-likeness (QED) is 0.463. The zero-order chi connectivity index (χ0) is 22.4. The van der Waals surface area contributed by atoms with E-state index < -0.39 is 41.9 Å². The summed E-state index contributed by atoms with van der Waals surface area (Å²) in [4.78, 5) is 26.2. The average molecular weight is 451 g/mol. The second-order valence-corrected chi connectivity index (χ2v) is 8.37. The van der Waals surface area contributed by atoms with E-state index in [0.717, 1.165) is 0 Å². The van der Waals surface area contributed by atoms with Gasteiger partial charge in [-0.3, -0.25) is 9.59 Å². The van der Waals surface area contributed by atoms with E-state index in [2.05, 4.69) is 0 Å². The Labute approximate surface area is 189 Å². The second-order valence-electron chi connectivity index (χ2n) is 7.94. The Morgan fingerprint density at radius 2 is 1.12 bits per heavy atom. The summed E-state index contributed by atoms with van der Waals surface area (Å²) < 4.78 is 11.0. The lowest BCUT2D eigenvalue weighted by Crippen LogP contribution is -2.44. The van der Waals surface area contributed by atoms with Crippen molar-refractivity contribution >= 4 is 23.5 Å². The van der Waals surface area contributed by atoms with Gasteiger partial charge in [-0.2, -0.15) is 0 Å². The minimum atomic E-state index is -1.25. The van der Waals surface area contributed by atoms with Crippen molar-refractivity contribution in [3.63, 3.8) is 0 Å². The molecule has 5 rings (SSSR count). The molecule has 2 N–H and O–H groups in total. The molecule has 4 atom stereocenters. The number of hydrogen-bond acceptors (Lipinski definition) is 6. The number of ether oxygens (including phenoxy) is 2. The number of hydrogen-bond donors (Lipinski definition) is 2. The average Bonchev–Trinajstić information content (AvgIpc) is 2.78. The third-order valence-corrected chi connectivity index (χ3v) is 6.40. The van der Waals surface area contributed by atoms with Crippen molar-refractivity contribution in [2.24, 2.45) is 11.8 Å². The SMILES string of the molecule is O=C1Oc2ccccc2C(O)C1C(c1ccc(Cl)cc1)C1C(=O)Oc2ccccc2C1O. The Balaban J connectivity index is 1.65. The van der Waals surface area contributed by atoms with Gasteiger partial charge >= 0.3 is 11.9 Å². The number of fused-ring (bicyclic) bond motifs is 2. The molecule has 0 saturated carbocycles. The number of benzene rings is 3. The van der Waals surface area contributed by atoms with Gasteiger partial charge in [-0.1, -0.05) is 60.1 Å². The highest BCUT2D eigenvalue weighted by molar-refractivity contribution is 6.30. The molecule has 0 spiro atoms. The van der Waals surface area contributed by atoms with Gasteiger partial charge in [-0.05, 0) is 29.8 Å². The Bertz CT molecular complexity index is 1120. The van der Waals surface area contributed by atoms with Crippen LogP contribution >= 0.6 is 11.6 Å². The van der Waals surface area contributed by atoms with E-state index in [9.17, 15) is 19.8 Å². The molecule has 2 aliphatic rings. The number of esters is 2. The molecule has 32 heavy (non-hydrogen) atoms. The molecule has 3 aromatic carbocycles. The van der Waals surface area contributed by atoms with Crippen LogP contribution in [0.2, 0.25) is 5.02 Å². The molecule has 0 fully saturated rings. The Morgan fingerprint density at radius 3 is 1.59 bits per heavy atom. The first kappa shape index (κ1) is 20.7. The predicted molar refractivity (Wildman–Crippen MR) is 115 cm³/mol. The van der Waals surface area contributed by atoms with Gasteiger partial charge in [0, 0.05) is 22.1 Å². The zero-order valence-electron chi connectivity index (χ0n) is 16.7. The van der Waals surface area contributed by atoms with Crippen molar-refractivity contribution in [2.45, 2.75) is 18.1 Å². The molecule has 0 bridgehead atoms. The molecule has 2 heterocycles. The van der Waals surface area contributed by atoms with Gasteiger partial charge < -0.3 is 19.7 Å². The lowest BCUT2D eigenvalue weighted by molar-refractivity contribution is -0.155. The van der Waals surface area contributed by atoms with Crippen LogP contribution in [0, 0.1) is 11.8 Å². The zero-order valence-corrected chi connectivity index (χ0v) is 17.5. The van der Waals surface area contributed by atoms with Crippen LogP contribution in [-0.4, -0.2) is 22.2 Å². The number of rotatable bonds is 3. The molecule has 2 aliphatic heterocycles. The van der Waals surface area contributed by atoms with Crippen LogP contribution in [0.5, 0.6) is 11.5 Å². The molecule has 3 aromatic rings. The largest absolute Gasteiger partial charge is 0.426 e. The lowest BCUT2D eigenvalue weighted by atomic mass is 9.69. The number of halogens is 1. The Hall–Kier alpha value is -3.19. The van der Waals surface area contributed by atoms with Crippen molar-refractivity contribution in [2.75, 3.05) is 0 Å². The molecule has 0 saturated heterocycles. The van der Waals surface area contributed by atoms with E-state index in [1.165, 1.54) is 0 Å². The monoisotopic (exact) mass is 450 g/mol. The third-order valence-electron chi connectivity index (χ3n) is 6.15. The second kappa shape index (κ2) is 8.06. The van der Waals surface area contributed by atoms with E-state index in [4.69, 9.17) is 21.1 Å². The summed E-state index contributed by atoms with van der Waals surface area (Å²) >= 11 is 6.05.